The van der Waals surface area contributed by atoms with Crippen molar-refractivity contribution in [3.8, 4) is 11.5 Å². The molecule has 3 nitrogen and oxygen atoms in total. The van der Waals surface area contributed by atoms with Crippen LogP contribution in [0.4, 0.5) is 0 Å². The lowest BCUT2D eigenvalue weighted by Gasteiger charge is -2.26. The Bertz CT molecular complexity index is 475. The number of nitrogens with two attached hydrogens (primary N) is 1. The molecule has 2 unspecified atom stereocenters. The van der Waals surface area contributed by atoms with Gasteiger partial charge in [0.2, 0.25) is 0 Å². The summed E-state index contributed by atoms with van der Waals surface area (Å²) in [4.78, 5) is 0. The van der Waals surface area contributed by atoms with Gasteiger partial charge in [0.15, 0.2) is 11.5 Å². The van der Waals surface area contributed by atoms with Crippen LogP contribution in [0.15, 0.2) is 10.5 Å². The Balaban J connectivity index is 2.16. The van der Waals surface area contributed by atoms with E-state index < -0.39 is 0 Å². The average molecular weight is 312 g/mol. The van der Waals surface area contributed by atoms with Gasteiger partial charge in [0.25, 0.3) is 0 Å². The van der Waals surface area contributed by atoms with E-state index in [4.69, 9.17) is 15.2 Å². The Kier molecular flexibility index (Phi) is 3.24. The van der Waals surface area contributed by atoms with Crippen LogP contribution in [0.5, 0.6) is 11.5 Å². The largest absolute Gasteiger partial charge is 0.486 e. The summed E-state index contributed by atoms with van der Waals surface area (Å²) in [6.07, 6.45) is 3.25. The lowest BCUT2D eigenvalue weighted by Crippen LogP contribution is -2.21. The summed E-state index contributed by atoms with van der Waals surface area (Å²) in [6, 6.07) is 2.07. The van der Waals surface area contributed by atoms with Crippen LogP contribution in [-0.2, 0) is 6.42 Å². The van der Waals surface area contributed by atoms with E-state index in [9.17, 15) is 0 Å². The maximum Gasteiger partial charge on any atom is 0.166 e. The molecule has 0 bridgehead atoms. The molecule has 3 rings (SSSR count). The smallest absolute Gasteiger partial charge is 0.166 e. The van der Waals surface area contributed by atoms with Gasteiger partial charge < -0.3 is 15.2 Å². The first-order valence-electron chi connectivity index (χ1n) is 6.53. The molecule has 0 saturated carbocycles. The summed E-state index contributed by atoms with van der Waals surface area (Å²) in [5.74, 6) is 2.36. The number of benzene rings is 1. The molecule has 0 radical (unpaired) electrons. The maximum absolute atomic E-state index is 6.37. The molecule has 2 N–H and O–H groups in total. The fourth-order valence-corrected chi connectivity index (χ4v) is 3.54. The van der Waals surface area contributed by atoms with Crippen LogP contribution in [0.25, 0.3) is 0 Å². The van der Waals surface area contributed by atoms with Crippen LogP contribution in [-0.4, -0.2) is 13.2 Å². The monoisotopic (exact) mass is 311 g/mol. The molecule has 2 atom stereocenters. The second-order valence-corrected chi connectivity index (χ2v) is 6.12. The first-order chi connectivity index (χ1) is 8.66. The van der Waals surface area contributed by atoms with Gasteiger partial charge in [-0.3, -0.25) is 0 Å². The van der Waals surface area contributed by atoms with Crippen LogP contribution in [0.2, 0.25) is 0 Å². The quantitative estimate of drug-likeness (QED) is 0.748. The molecule has 1 aromatic carbocycles. The SMILES string of the molecule is CC1CCc2c(Br)cc3c(c2C(N)C1)OCCO3. The van der Waals surface area contributed by atoms with Crippen molar-refractivity contribution < 1.29 is 9.47 Å². The molecule has 1 heterocycles. The van der Waals surface area contributed by atoms with Crippen molar-refractivity contribution in [1.29, 1.82) is 0 Å². The van der Waals surface area contributed by atoms with E-state index in [0.717, 1.165) is 34.4 Å². The molecule has 0 amide bonds. The molecule has 0 aromatic heterocycles. The molecule has 0 saturated heterocycles. The highest BCUT2D eigenvalue weighted by Gasteiger charge is 2.29. The number of rotatable bonds is 0. The van der Waals surface area contributed by atoms with Gasteiger partial charge in [-0.25, -0.2) is 0 Å². The zero-order valence-corrected chi connectivity index (χ0v) is 12.1. The lowest BCUT2D eigenvalue weighted by atomic mass is 9.96. The summed E-state index contributed by atoms with van der Waals surface area (Å²) >= 11 is 3.65. The first kappa shape index (κ1) is 12.3. The first-order valence-corrected chi connectivity index (χ1v) is 7.32. The fraction of sp³-hybridized carbons (Fsp3) is 0.571. The minimum Gasteiger partial charge on any atom is -0.486 e. The van der Waals surface area contributed by atoms with Gasteiger partial charge in [-0.05, 0) is 36.8 Å². The Morgan fingerprint density at radius 2 is 2.11 bits per heavy atom. The van der Waals surface area contributed by atoms with Crippen LogP contribution >= 0.6 is 15.9 Å². The Morgan fingerprint density at radius 3 is 2.94 bits per heavy atom. The summed E-state index contributed by atoms with van der Waals surface area (Å²) < 4.78 is 12.6. The van der Waals surface area contributed by atoms with E-state index in [0.29, 0.717) is 19.1 Å². The van der Waals surface area contributed by atoms with Gasteiger partial charge in [0, 0.05) is 16.1 Å². The molecule has 18 heavy (non-hydrogen) atoms. The van der Waals surface area contributed by atoms with Gasteiger partial charge in [0.05, 0.1) is 0 Å². The summed E-state index contributed by atoms with van der Waals surface area (Å²) in [5.41, 5.74) is 8.83. The third-order valence-electron chi connectivity index (χ3n) is 3.84. The van der Waals surface area contributed by atoms with Gasteiger partial charge in [-0.2, -0.15) is 0 Å². The predicted octanol–water partition coefficient (Wildman–Crippen LogP) is 3.19. The van der Waals surface area contributed by atoms with Crippen molar-refractivity contribution in [3.05, 3.63) is 21.7 Å². The minimum absolute atomic E-state index is 0.0467. The highest BCUT2D eigenvalue weighted by atomic mass is 79.9. The second kappa shape index (κ2) is 4.74. The molecular formula is C14H18BrNO2. The molecule has 1 aliphatic heterocycles. The van der Waals surface area contributed by atoms with Gasteiger partial charge in [-0.15, -0.1) is 0 Å². The Morgan fingerprint density at radius 1 is 1.33 bits per heavy atom. The molecule has 1 aliphatic carbocycles. The molecule has 0 fully saturated rings. The zero-order valence-electron chi connectivity index (χ0n) is 10.5. The summed E-state index contributed by atoms with van der Waals surface area (Å²) in [7, 11) is 0. The van der Waals surface area contributed by atoms with Crippen molar-refractivity contribution in [2.24, 2.45) is 11.7 Å². The third kappa shape index (κ3) is 2.01. The summed E-state index contributed by atoms with van der Waals surface area (Å²) in [6.45, 7) is 3.50. The third-order valence-corrected chi connectivity index (χ3v) is 4.55. The topological polar surface area (TPSA) is 44.5 Å². The van der Waals surface area contributed by atoms with Crippen molar-refractivity contribution in [2.75, 3.05) is 13.2 Å². The van der Waals surface area contributed by atoms with Crippen LogP contribution in [0.3, 0.4) is 0 Å². The van der Waals surface area contributed by atoms with Crippen molar-refractivity contribution in [1.82, 2.24) is 0 Å². The average Bonchev–Trinajstić information content (AvgIpc) is 2.49. The second-order valence-electron chi connectivity index (χ2n) is 5.26. The zero-order chi connectivity index (χ0) is 12.7. The van der Waals surface area contributed by atoms with Crippen LogP contribution in [0, 0.1) is 5.92 Å². The summed E-state index contributed by atoms with van der Waals surface area (Å²) in [5, 5.41) is 0. The predicted molar refractivity (Wildman–Crippen MR) is 74.2 cm³/mol. The van der Waals surface area contributed by atoms with Gasteiger partial charge >= 0.3 is 0 Å². The van der Waals surface area contributed by atoms with Gasteiger partial charge in [0.1, 0.15) is 13.2 Å². The van der Waals surface area contributed by atoms with Crippen molar-refractivity contribution in [3.63, 3.8) is 0 Å². The highest BCUT2D eigenvalue weighted by Crippen LogP contribution is 2.46. The molecule has 1 aromatic rings. The number of hydrogen-bond acceptors (Lipinski definition) is 3. The van der Waals surface area contributed by atoms with E-state index in [-0.39, 0.29) is 6.04 Å². The van der Waals surface area contributed by atoms with E-state index in [2.05, 4.69) is 22.9 Å². The van der Waals surface area contributed by atoms with Crippen LogP contribution < -0.4 is 15.2 Å². The Labute approximate surface area is 116 Å². The number of fused-ring (bicyclic) bond motifs is 3. The molecule has 0 spiro atoms. The van der Waals surface area contributed by atoms with Crippen LogP contribution in [0.1, 0.15) is 36.9 Å². The normalized spacial score (nSPS) is 26.4. The highest BCUT2D eigenvalue weighted by molar-refractivity contribution is 9.10. The van der Waals surface area contributed by atoms with Crippen molar-refractivity contribution >= 4 is 15.9 Å². The molecule has 2 aliphatic rings. The Hall–Kier alpha value is -0.740. The minimum atomic E-state index is 0.0467. The standard InChI is InChI=1S/C14H18BrNO2/c1-8-2-3-9-10(15)7-12-14(18-5-4-17-12)13(9)11(16)6-8/h7-8,11H,2-6,16H2,1H3. The lowest BCUT2D eigenvalue weighted by molar-refractivity contribution is 0.168. The van der Waals surface area contributed by atoms with Gasteiger partial charge in [-0.1, -0.05) is 22.9 Å². The van der Waals surface area contributed by atoms with E-state index in [1.165, 1.54) is 12.0 Å². The number of hydrogen-bond donors (Lipinski definition) is 1. The molecular weight excluding hydrogens is 294 g/mol. The molecule has 4 heteroatoms. The van der Waals surface area contributed by atoms with E-state index >= 15 is 0 Å². The van der Waals surface area contributed by atoms with E-state index in [1.54, 1.807) is 0 Å². The molecule has 98 valence electrons. The van der Waals surface area contributed by atoms with Crippen molar-refractivity contribution in [2.45, 2.75) is 32.2 Å². The fourth-order valence-electron chi connectivity index (χ4n) is 2.92. The number of halogens is 1. The van der Waals surface area contributed by atoms with E-state index in [1.807, 2.05) is 6.07 Å². The maximum atomic E-state index is 6.37. The number of ether oxygens (including phenoxy) is 2.